The highest BCUT2D eigenvalue weighted by atomic mass is 16.5. The third-order valence-corrected chi connectivity index (χ3v) is 2.87. The lowest BCUT2D eigenvalue weighted by Gasteiger charge is -2.12. The van der Waals surface area contributed by atoms with Crippen LogP contribution in [-0.2, 0) is 6.42 Å². The quantitative estimate of drug-likeness (QED) is 0.568. The van der Waals surface area contributed by atoms with E-state index in [9.17, 15) is 0 Å². The standard InChI is InChI=1S/C18H24O/c1-13(2)7-9-16-11-15(5)12-18(19-6)17(16)10-8-14(3)4/h11-13H,3,8,10H2,1-2,4-6H3. The van der Waals surface area contributed by atoms with Gasteiger partial charge < -0.3 is 4.74 Å². The zero-order valence-corrected chi connectivity index (χ0v) is 12.8. The largest absolute Gasteiger partial charge is 0.496 e. The van der Waals surface area contributed by atoms with Crippen LogP contribution in [0.1, 0.15) is 43.9 Å². The molecular weight excluding hydrogens is 232 g/mol. The second-order valence-electron chi connectivity index (χ2n) is 5.37. The summed E-state index contributed by atoms with van der Waals surface area (Å²) in [5.41, 5.74) is 4.66. The van der Waals surface area contributed by atoms with Crippen LogP contribution in [0.5, 0.6) is 5.75 Å². The second-order valence-corrected chi connectivity index (χ2v) is 5.37. The van der Waals surface area contributed by atoms with E-state index in [1.807, 2.05) is 0 Å². The van der Waals surface area contributed by atoms with Gasteiger partial charge in [0.05, 0.1) is 7.11 Å². The number of ether oxygens (including phenoxy) is 1. The fourth-order valence-electron chi connectivity index (χ4n) is 1.90. The minimum absolute atomic E-state index is 0.375. The van der Waals surface area contributed by atoms with Gasteiger partial charge in [-0.3, -0.25) is 0 Å². The average molecular weight is 256 g/mol. The summed E-state index contributed by atoms with van der Waals surface area (Å²) in [5, 5.41) is 0. The van der Waals surface area contributed by atoms with Gasteiger partial charge in [0.1, 0.15) is 5.75 Å². The van der Waals surface area contributed by atoms with Crippen LogP contribution in [0.25, 0.3) is 0 Å². The molecule has 0 aliphatic carbocycles. The normalized spacial score (nSPS) is 10.0. The van der Waals surface area contributed by atoms with Crippen LogP contribution in [0, 0.1) is 24.7 Å². The zero-order chi connectivity index (χ0) is 14.4. The third kappa shape index (κ3) is 4.83. The molecule has 0 aliphatic rings. The molecule has 0 aliphatic heterocycles. The molecule has 1 aromatic carbocycles. The summed E-state index contributed by atoms with van der Waals surface area (Å²) >= 11 is 0. The van der Waals surface area contributed by atoms with E-state index in [-0.39, 0.29) is 0 Å². The molecular formula is C18H24O. The Balaban J connectivity index is 3.22. The van der Waals surface area contributed by atoms with Crippen molar-refractivity contribution < 1.29 is 4.74 Å². The van der Waals surface area contributed by atoms with E-state index in [1.165, 1.54) is 16.7 Å². The smallest absolute Gasteiger partial charge is 0.123 e. The van der Waals surface area contributed by atoms with Crippen LogP contribution in [0.3, 0.4) is 0 Å². The molecule has 0 N–H and O–H groups in total. The maximum atomic E-state index is 5.51. The summed E-state index contributed by atoms with van der Waals surface area (Å²) in [6.07, 6.45) is 1.90. The van der Waals surface area contributed by atoms with E-state index in [1.54, 1.807) is 7.11 Å². The molecule has 0 fully saturated rings. The van der Waals surface area contributed by atoms with Gasteiger partial charge in [0, 0.05) is 17.0 Å². The Hall–Kier alpha value is -1.68. The number of rotatable bonds is 4. The Kier molecular flexibility index (Phi) is 5.70. The van der Waals surface area contributed by atoms with E-state index in [2.05, 4.69) is 58.2 Å². The number of aryl methyl sites for hydroxylation is 1. The molecule has 102 valence electrons. The van der Waals surface area contributed by atoms with E-state index in [4.69, 9.17) is 4.74 Å². The van der Waals surface area contributed by atoms with Gasteiger partial charge in [-0.2, -0.15) is 0 Å². The van der Waals surface area contributed by atoms with E-state index in [0.29, 0.717) is 5.92 Å². The van der Waals surface area contributed by atoms with Crippen LogP contribution in [0.4, 0.5) is 0 Å². The lowest BCUT2D eigenvalue weighted by atomic mass is 9.97. The maximum Gasteiger partial charge on any atom is 0.123 e. The van der Waals surface area contributed by atoms with Gasteiger partial charge in [0.15, 0.2) is 0 Å². The fourth-order valence-corrected chi connectivity index (χ4v) is 1.90. The van der Waals surface area contributed by atoms with Crippen molar-refractivity contribution in [2.75, 3.05) is 7.11 Å². The Bertz CT molecular complexity index is 512. The minimum atomic E-state index is 0.375. The first-order valence-corrected chi connectivity index (χ1v) is 6.77. The summed E-state index contributed by atoms with van der Waals surface area (Å²) in [4.78, 5) is 0. The van der Waals surface area contributed by atoms with Gasteiger partial charge >= 0.3 is 0 Å². The molecule has 1 nitrogen and oxygen atoms in total. The van der Waals surface area contributed by atoms with Crippen molar-refractivity contribution >= 4 is 0 Å². The SMILES string of the molecule is C=C(C)CCc1c(C#CC(C)C)cc(C)cc1OC. The second kappa shape index (κ2) is 7.04. The molecule has 0 unspecified atom stereocenters. The molecule has 0 saturated carbocycles. The maximum absolute atomic E-state index is 5.51. The molecule has 1 aromatic rings. The van der Waals surface area contributed by atoms with Crippen LogP contribution in [-0.4, -0.2) is 7.11 Å². The van der Waals surface area contributed by atoms with Gasteiger partial charge in [0.2, 0.25) is 0 Å². The lowest BCUT2D eigenvalue weighted by molar-refractivity contribution is 0.409. The molecule has 0 heterocycles. The Morgan fingerprint density at radius 2 is 2.05 bits per heavy atom. The first kappa shape index (κ1) is 15.4. The predicted molar refractivity (Wildman–Crippen MR) is 82.6 cm³/mol. The van der Waals surface area contributed by atoms with Crippen molar-refractivity contribution in [3.05, 3.63) is 41.0 Å². The van der Waals surface area contributed by atoms with E-state index in [0.717, 1.165) is 24.2 Å². The van der Waals surface area contributed by atoms with Crippen molar-refractivity contribution in [1.82, 2.24) is 0 Å². The summed E-state index contributed by atoms with van der Waals surface area (Å²) in [6, 6.07) is 4.22. The van der Waals surface area contributed by atoms with Gasteiger partial charge in [-0.15, -0.1) is 6.58 Å². The highest BCUT2D eigenvalue weighted by Gasteiger charge is 2.09. The summed E-state index contributed by atoms with van der Waals surface area (Å²) < 4.78 is 5.51. The predicted octanol–water partition coefficient (Wildman–Crippen LogP) is 4.52. The first-order chi connectivity index (χ1) is 8.93. The molecule has 0 aromatic heterocycles. The van der Waals surface area contributed by atoms with E-state index < -0.39 is 0 Å². The molecule has 0 radical (unpaired) electrons. The topological polar surface area (TPSA) is 9.23 Å². The van der Waals surface area contributed by atoms with Crippen LogP contribution >= 0.6 is 0 Å². The van der Waals surface area contributed by atoms with Gasteiger partial charge in [-0.05, 0) is 44.4 Å². The molecule has 1 rings (SSSR count). The summed E-state index contributed by atoms with van der Waals surface area (Å²) in [5.74, 6) is 7.85. The minimum Gasteiger partial charge on any atom is -0.496 e. The van der Waals surface area contributed by atoms with Gasteiger partial charge in [-0.1, -0.05) is 31.3 Å². The van der Waals surface area contributed by atoms with E-state index >= 15 is 0 Å². The van der Waals surface area contributed by atoms with Crippen molar-refractivity contribution in [3.63, 3.8) is 0 Å². The number of methoxy groups -OCH3 is 1. The number of hydrogen-bond donors (Lipinski definition) is 0. The molecule has 0 atom stereocenters. The van der Waals surface area contributed by atoms with Crippen molar-refractivity contribution in [1.29, 1.82) is 0 Å². The zero-order valence-electron chi connectivity index (χ0n) is 12.8. The van der Waals surface area contributed by atoms with Crippen molar-refractivity contribution in [3.8, 4) is 17.6 Å². The van der Waals surface area contributed by atoms with Crippen LogP contribution in [0.2, 0.25) is 0 Å². The number of benzene rings is 1. The molecule has 19 heavy (non-hydrogen) atoms. The monoisotopic (exact) mass is 256 g/mol. The number of hydrogen-bond acceptors (Lipinski definition) is 1. The Labute approximate surface area is 117 Å². The molecule has 0 saturated heterocycles. The number of allylic oxidation sites excluding steroid dienone is 1. The summed E-state index contributed by atoms with van der Waals surface area (Å²) in [7, 11) is 1.72. The highest BCUT2D eigenvalue weighted by Crippen LogP contribution is 2.26. The molecule has 1 heteroatoms. The first-order valence-electron chi connectivity index (χ1n) is 6.77. The average Bonchev–Trinajstić information content (AvgIpc) is 2.33. The molecule has 0 bridgehead atoms. The fraction of sp³-hybridized carbons (Fsp3) is 0.444. The summed E-state index contributed by atoms with van der Waals surface area (Å²) in [6.45, 7) is 12.3. The van der Waals surface area contributed by atoms with Crippen molar-refractivity contribution in [2.24, 2.45) is 5.92 Å². The van der Waals surface area contributed by atoms with Crippen LogP contribution in [0.15, 0.2) is 24.3 Å². The molecule has 0 spiro atoms. The lowest BCUT2D eigenvalue weighted by Crippen LogP contribution is -1.98. The highest BCUT2D eigenvalue weighted by molar-refractivity contribution is 5.51. The Morgan fingerprint density at radius 1 is 1.37 bits per heavy atom. The molecule has 0 amide bonds. The third-order valence-electron chi connectivity index (χ3n) is 2.87. The van der Waals surface area contributed by atoms with Crippen molar-refractivity contribution in [2.45, 2.75) is 40.5 Å². The van der Waals surface area contributed by atoms with Gasteiger partial charge in [-0.25, -0.2) is 0 Å². The van der Waals surface area contributed by atoms with Crippen LogP contribution < -0.4 is 4.74 Å². The van der Waals surface area contributed by atoms with Gasteiger partial charge in [0.25, 0.3) is 0 Å². The Morgan fingerprint density at radius 3 is 2.58 bits per heavy atom.